The van der Waals surface area contributed by atoms with E-state index in [2.05, 4.69) is 29.2 Å². The number of likely N-dealkylation sites (N-methyl/N-ethyl adjacent to an activating group) is 1. The van der Waals surface area contributed by atoms with Gasteiger partial charge in [0.15, 0.2) is 0 Å². The molecule has 3 nitrogen and oxygen atoms in total. The first-order valence-electron chi connectivity index (χ1n) is 5.57. The highest BCUT2D eigenvalue weighted by atomic mass is 35.5. The molecule has 0 amide bonds. The van der Waals surface area contributed by atoms with Gasteiger partial charge in [0.2, 0.25) is 0 Å². The summed E-state index contributed by atoms with van der Waals surface area (Å²) in [7, 11) is 2.23. The van der Waals surface area contributed by atoms with E-state index in [9.17, 15) is 0 Å². The summed E-state index contributed by atoms with van der Waals surface area (Å²) in [6, 6.07) is 0.734. The number of hydrogen-bond donors (Lipinski definition) is 1. The maximum absolute atomic E-state index is 4.28. The average molecular weight is 298 g/mol. The van der Waals surface area contributed by atoms with Gasteiger partial charge in [-0.05, 0) is 33.4 Å². The minimum Gasteiger partial charge on any atom is -0.315 e. The van der Waals surface area contributed by atoms with Crippen LogP contribution < -0.4 is 5.32 Å². The van der Waals surface area contributed by atoms with Crippen molar-refractivity contribution >= 4 is 36.2 Å². The van der Waals surface area contributed by atoms with Crippen molar-refractivity contribution in [2.75, 3.05) is 26.7 Å². The van der Waals surface area contributed by atoms with Crippen LogP contribution in [0.4, 0.5) is 0 Å². The fraction of sp³-hybridized carbons (Fsp3) is 0.727. The Labute approximate surface area is 120 Å². The van der Waals surface area contributed by atoms with E-state index in [4.69, 9.17) is 0 Å². The molecule has 0 spiro atoms. The zero-order valence-corrected chi connectivity index (χ0v) is 12.8. The lowest BCUT2D eigenvalue weighted by Gasteiger charge is -2.22. The number of thiazole rings is 1. The molecule has 100 valence electrons. The lowest BCUT2D eigenvalue weighted by atomic mass is 10.2. The maximum atomic E-state index is 4.28. The number of rotatable bonds is 4. The van der Waals surface area contributed by atoms with E-state index in [0.717, 1.165) is 25.6 Å². The summed E-state index contributed by atoms with van der Waals surface area (Å²) in [4.78, 5) is 8.19. The molecule has 0 bridgehead atoms. The first kappa shape index (κ1) is 17.1. The van der Waals surface area contributed by atoms with Crippen LogP contribution in [0.2, 0.25) is 0 Å². The summed E-state index contributed by atoms with van der Waals surface area (Å²) in [6.45, 7) is 5.57. The highest BCUT2D eigenvalue weighted by Gasteiger charge is 2.18. The maximum Gasteiger partial charge on any atom is 0.0797 e. The molecule has 0 aromatic carbocycles. The molecule has 1 aromatic heterocycles. The largest absolute Gasteiger partial charge is 0.315 e. The first-order valence-corrected chi connectivity index (χ1v) is 6.45. The number of nitrogens with one attached hydrogen (secondary N) is 1. The third-order valence-corrected chi connectivity index (χ3v) is 4.19. The van der Waals surface area contributed by atoms with E-state index in [1.165, 1.54) is 23.5 Å². The summed E-state index contributed by atoms with van der Waals surface area (Å²) < 4.78 is 0. The van der Waals surface area contributed by atoms with Crippen LogP contribution in [0.25, 0.3) is 0 Å². The molecule has 1 atom stereocenters. The summed E-state index contributed by atoms with van der Waals surface area (Å²) in [6.07, 6.45) is 2.43. The van der Waals surface area contributed by atoms with Gasteiger partial charge in [-0.25, -0.2) is 4.98 Å². The van der Waals surface area contributed by atoms with Gasteiger partial charge in [-0.15, -0.1) is 36.2 Å². The standard InChI is InChI=1S/C11H19N3S.2ClH/c1-9-11(15-8-13-9)4-6-14(2)10-3-5-12-7-10;;/h8,10,12H,3-7H2,1-2H3;2*1H. The number of nitrogens with zero attached hydrogens (tertiary/aromatic N) is 2. The predicted octanol–water partition coefficient (Wildman–Crippen LogP) is 2.13. The smallest absolute Gasteiger partial charge is 0.0797 e. The Bertz CT molecular complexity index is 313. The van der Waals surface area contributed by atoms with E-state index < -0.39 is 0 Å². The van der Waals surface area contributed by atoms with Crippen LogP contribution in [0.15, 0.2) is 5.51 Å². The van der Waals surface area contributed by atoms with Crippen LogP contribution >= 0.6 is 36.2 Å². The van der Waals surface area contributed by atoms with Crippen LogP contribution in [-0.2, 0) is 6.42 Å². The predicted molar refractivity (Wildman–Crippen MR) is 79.0 cm³/mol. The second-order valence-corrected chi connectivity index (χ2v) is 5.18. The molecule has 1 saturated heterocycles. The quantitative estimate of drug-likeness (QED) is 0.923. The Balaban J connectivity index is 0.00000128. The molecule has 1 N–H and O–H groups in total. The van der Waals surface area contributed by atoms with Gasteiger partial charge < -0.3 is 10.2 Å². The molecular weight excluding hydrogens is 277 g/mol. The Morgan fingerprint density at radius 3 is 2.82 bits per heavy atom. The Morgan fingerprint density at radius 1 is 1.53 bits per heavy atom. The SMILES string of the molecule is Cc1ncsc1CCN(C)C1CCNC1.Cl.Cl. The van der Waals surface area contributed by atoms with Gasteiger partial charge >= 0.3 is 0 Å². The summed E-state index contributed by atoms with van der Waals surface area (Å²) in [5.41, 5.74) is 3.15. The molecule has 1 fully saturated rings. The van der Waals surface area contributed by atoms with Crippen LogP contribution in [0.3, 0.4) is 0 Å². The third-order valence-electron chi connectivity index (χ3n) is 3.19. The number of hydrogen-bond acceptors (Lipinski definition) is 4. The number of aryl methyl sites for hydroxylation is 1. The fourth-order valence-corrected chi connectivity index (χ4v) is 2.81. The molecular formula is C11H21Cl2N3S. The van der Waals surface area contributed by atoms with Crippen molar-refractivity contribution in [2.45, 2.75) is 25.8 Å². The average Bonchev–Trinajstić information content (AvgIpc) is 2.85. The first-order chi connectivity index (χ1) is 7.27. The monoisotopic (exact) mass is 297 g/mol. The molecule has 1 aliphatic rings. The van der Waals surface area contributed by atoms with E-state index in [0.29, 0.717) is 0 Å². The molecule has 0 aliphatic carbocycles. The fourth-order valence-electron chi connectivity index (χ4n) is 2.04. The van der Waals surface area contributed by atoms with Crippen molar-refractivity contribution in [1.29, 1.82) is 0 Å². The summed E-state index contributed by atoms with van der Waals surface area (Å²) >= 11 is 1.78. The van der Waals surface area contributed by atoms with Crippen molar-refractivity contribution in [3.8, 4) is 0 Å². The van der Waals surface area contributed by atoms with E-state index in [1.807, 2.05) is 5.51 Å². The molecule has 1 aromatic rings. The molecule has 1 aliphatic heterocycles. The minimum atomic E-state index is 0. The molecule has 6 heteroatoms. The molecule has 2 rings (SSSR count). The van der Waals surface area contributed by atoms with Crippen molar-refractivity contribution in [3.63, 3.8) is 0 Å². The molecule has 0 saturated carbocycles. The molecule has 1 unspecified atom stereocenters. The van der Waals surface area contributed by atoms with Crippen molar-refractivity contribution in [1.82, 2.24) is 15.2 Å². The number of aromatic nitrogens is 1. The minimum absolute atomic E-state index is 0. The van der Waals surface area contributed by atoms with Crippen LogP contribution in [-0.4, -0.2) is 42.6 Å². The van der Waals surface area contributed by atoms with Crippen molar-refractivity contribution in [3.05, 3.63) is 16.1 Å². The third kappa shape index (κ3) is 4.72. The lowest BCUT2D eigenvalue weighted by Crippen LogP contribution is -2.34. The topological polar surface area (TPSA) is 28.2 Å². The van der Waals surface area contributed by atoms with E-state index in [-0.39, 0.29) is 24.8 Å². The summed E-state index contributed by atoms with van der Waals surface area (Å²) in [5.74, 6) is 0. The highest BCUT2D eigenvalue weighted by Crippen LogP contribution is 2.14. The van der Waals surface area contributed by atoms with Crippen LogP contribution in [0, 0.1) is 6.92 Å². The van der Waals surface area contributed by atoms with Gasteiger partial charge in [-0.2, -0.15) is 0 Å². The van der Waals surface area contributed by atoms with Gasteiger partial charge in [0, 0.05) is 24.0 Å². The van der Waals surface area contributed by atoms with Gasteiger partial charge in [0.25, 0.3) is 0 Å². The second-order valence-electron chi connectivity index (χ2n) is 4.24. The zero-order chi connectivity index (χ0) is 10.7. The molecule has 0 radical (unpaired) electrons. The van der Waals surface area contributed by atoms with Gasteiger partial charge in [-0.1, -0.05) is 0 Å². The van der Waals surface area contributed by atoms with Crippen molar-refractivity contribution in [2.24, 2.45) is 0 Å². The van der Waals surface area contributed by atoms with Gasteiger partial charge in [-0.3, -0.25) is 0 Å². The van der Waals surface area contributed by atoms with Crippen LogP contribution in [0.5, 0.6) is 0 Å². The van der Waals surface area contributed by atoms with Gasteiger partial charge in [0.1, 0.15) is 0 Å². The Kier molecular flexibility index (Phi) is 8.33. The molecule has 2 heterocycles. The normalized spacial score (nSPS) is 18.9. The number of halogens is 2. The highest BCUT2D eigenvalue weighted by molar-refractivity contribution is 7.09. The van der Waals surface area contributed by atoms with Crippen LogP contribution in [0.1, 0.15) is 17.0 Å². The molecule has 17 heavy (non-hydrogen) atoms. The Morgan fingerprint density at radius 2 is 2.29 bits per heavy atom. The van der Waals surface area contributed by atoms with E-state index in [1.54, 1.807) is 11.3 Å². The van der Waals surface area contributed by atoms with Crippen molar-refractivity contribution < 1.29 is 0 Å². The second kappa shape index (κ2) is 8.27. The lowest BCUT2D eigenvalue weighted by molar-refractivity contribution is 0.260. The Hall–Kier alpha value is 0.130. The zero-order valence-electron chi connectivity index (χ0n) is 10.3. The summed E-state index contributed by atoms with van der Waals surface area (Å²) in [5, 5.41) is 3.41. The van der Waals surface area contributed by atoms with Gasteiger partial charge in [0.05, 0.1) is 11.2 Å². The van der Waals surface area contributed by atoms with E-state index >= 15 is 0 Å².